The van der Waals surface area contributed by atoms with Crippen LogP contribution < -0.4 is 11.1 Å². The molecule has 2 amide bonds. The molecule has 202 valence electrons. The van der Waals surface area contributed by atoms with Gasteiger partial charge in [-0.15, -0.1) is 11.3 Å². The van der Waals surface area contributed by atoms with E-state index < -0.39 is 23.6 Å². The van der Waals surface area contributed by atoms with Gasteiger partial charge in [-0.05, 0) is 62.8 Å². The number of benzene rings is 1. The van der Waals surface area contributed by atoms with Crippen LogP contribution >= 0.6 is 11.3 Å². The van der Waals surface area contributed by atoms with Gasteiger partial charge in [0.2, 0.25) is 0 Å². The van der Waals surface area contributed by atoms with Gasteiger partial charge >= 0.3 is 12.2 Å². The molecular formula is C25H31F4N5O2S. The molecule has 1 aliphatic heterocycles. The molecule has 3 fully saturated rings. The first-order valence-corrected chi connectivity index (χ1v) is 13.4. The lowest BCUT2D eigenvalue weighted by molar-refractivity contribution is -0.139. The second-order valence-corrected chi connectivity index (χ2v) is 11.5. The normalized spacial score (nSPS) is 27.4. The van der Waals surface area contributed by atoms with E-state index in [1.165, 1.54) is 4.88 Å². The van der Waals surface area contributed by atoms with Crippen molar-refractivity contribution in [3.05, 3.63) is 45.7 Å². The van der Waals surface area contributed by atoms with E-state index in [9.17, 15) is 27.5 Å². The number of fused-ring (bicyclic) bond motifs is 1. The summed E-state index contributed by atoms with van der Waals surface area (Å²) in [5.41, 5.74) is 4.21. The lowest BCUT2D eigenvalue weighted by Crippen LogP contribution is -2.44. The number of amides is 2. The van der Waals surface area contributed by atoms with Crippen molar-refractivity contribution in [2.24, 2.45) is 11.7 Å². The number of aliphatic hydroxyl groups is 1. The van der Waals surface area contributed by atoms with Crippen molar-refractivity contribution in [2.45, 2.75) is 62.4 Å². The quantitative estimate of drug-likeness (QED) is 0.436. The highest BCUT2D eigenvalue weighted by Gasteiger charge is 2.63. The summed E-state index contributed by atoms with van der Waals surface area (Å²) in [6, 6.07) is 1.94. The third kappa shape index (κ3) is 5.47. The molecule has 7 nitrogen and oxygen atoms in total. The highest BCUT2D eigenvalue weighted by atomic mass is 32.1. The third-order valence-corrected chi connectivity index (χ3v) is 9.19. The minimum atomic E-state index is -4.86. The zero-order valence-corrected chi connectivity index (χ0v) is 21.1. The van der Waals surface area contributed by atoms with Crippen molar-refractivity contribution >= 4 is 23.1 Å². The van der Waals surface area contributed by atoms with Crippen molar-refractivity contribution < 1.29 is 27.5 Å². The minimum absolute atomic E-state index is 0.0212. The Hall–Kier alpha value is -2.28. The average molecular weight is 542 g/mol. The topological polar surface area (TPSA) is 94.7 Å². The summed E-state index contributed by atoms with van der Waals surface area (Å²) >= 11 is 1.61. The minimum Gasteiger partial charge on any atom is -0.392 e. The summed E-state index contributed by atoms with van der Waals surface area (Å²) in [5.74, 6) is -0.954. The second-order valence-electron chi connectivity index (χ2n) is 10.4. The Morgan fingerprint density at radius 1 is 1.35 bits per heavy atom. The highest BCUT2D eigenvalue weighted by Crippen LogP contribution is 2.66. The molecule has 2 aromatic rings. The zero-order valence-electron chi connectivity index (χ0n) is 20.3. The van der Waals surface area contributed by atoms with Gasteiger partial charge in [0.05, 0.1) is 11.7 Å². The number of β-amino-alcohol motifs (C(OH)–C–C–N with tert-alkyl or cyclic N) is 1. The number of aliphatic hydroxyl groups excluding tert-OH is 1. The van der Waals surface area contributed by atoms with Gasteiger partial charge in [0.15, 0.2) is 0 Å². The molecule has 1 saturated heterocycles. The number of carbonyl (C=O) groups excluding carboxylic acids is 1. The maximum absolute atomic E-state index is 13.8. The van der Waals surface area contributed by atoms with E-state index in [1.807, 2.05) is 6.20 Å². The number of thiazole rings is 1. The summed E-state index contributed by atoms with van der Waals surface area (Å²) < 4.78 is 53.3. The number of nitrogens with one attached hydrogen (secondary N) is 1. The van der Waals surface area contributed by atoms with E-state index in [1.54, 1.807) is 16.2 Å². The van der Waals surface area contributed by atoms with Crippen LogP contribution in [0.2, 0.25) is 0 Å². The number of likely N-dealkylation sites (tertiary alicyclic amines) is 1. The molecule has 0 bridgehead atoms. The summed E-state index contributed by atoms with van der Waals surface area (Å²) in [4.78, 5) is 22.8. The number of halogens is 4. The summed E-state index contributed by atoms with van der Waals surface area (Å²) in [6.45, 7) is 2.92. The highest BCUT2D eigenvalue weighted by molar-refractivity contribution is 7.11. The molecule has 37 heavy (non-hydrogen) atoms. The van der Waals surface area contributed by atoms with Gasteiger partial charge in [0.1, 0.15) is 10.8 Å². The lowest BCUT2D eigenvalue weighted by Gasteiger charge is -2.32. The van der Waals surface area contributed by atoms with Crippen LogP contribution in [-0.4, -0.2) is 64.2 Å². The number of anilines is 1. The molecule has 4 atom stereocenters. The number of hydrogen-bond donors (Lipinski definition) is 3. The Labute approximate surface area is 216 Å². The van der Waals surface area contributed by atoms with Crippen molar-refractivity contribution in [2.75, 3.05) is 31.5 Å². The smallest absolute Gasteiger partial charge is 0.392 e. The van der Waals surface area contributed by atoms with Crippen LogP contribution in [0.5, 0.6) is 0 Å². The van der Waals surface area contributed by atoms with Crippen molar-refractivity contribution in [3.63, 3.8) is 0 Å². The van der Waals surface area contributed by atoms with Gasteiger partial charge in [0, 0.05) is 54.4 Å². The number of nitrogens with two attached hydrogens (primary N) is 1. The number of urea groups is 1. The number of hydrogen-bond acceptors (Lipinski definition) is 6. The second kappa shape index (κ2) is 10.1. The summed E-state index contributed by atoms with van der Waals surface area (Å²) in [5, 5.41) is 13.2. The van der Waals surface area contributed by atoms with E-state index >= 15 is 0 Å². The molecule has 2 aliphatic carbocycles. The van der Waals surface area contributed by atoms with Gasteiger partial charge in [-0.25, -0.2) is 14.2 Å². The molecule has 0 spiro atoms. The fraction of sp³-hybridized carbons (Fsp3) is 0.600. The Morgan fingerprint density at radius 2 is 2.16 bits per heavy atom. The number of nitrogens with zero attached hydrogens (tertiary/aromatic N) is 3. The standard InChI is InChI=1S/C25H31F4N5O2S/c26-20-3-2-16(9-19(20)25(27,28)29)32-23(36)34(6-1-5-33-7-4-18(35)14-33)17-8-15-10-24(15,11-17)21-13-31-22(12-30)37-21/h2-3,9,13,15,17-18,35H,1,4-8,10-12,14,30H2,(H,32,36)/t15?,17?,18-,24-/m1/s1. The largest absolute Gasteiger partial charge is 0.419 e. The Balaban J connectivity index is 1.31. The Bertz CT molecular complexity index is 1140. The van der Waals surface area contributed by atoms with Gasteiger partial charge in [-0.2, -0.15) is 13.2 Å². The summed E-state index contributed by atoms with van der Waals surface area (Å²) in [6.07, 6.45) is 0.687. The van der Waals surface area contributed by atoms with Crippen LogP contribution in [-0.2, 0) is 18.1 Å². The number of alkyl halides is 3. The molecule has 5 rings (SSSR count). The van der Waals surface area contributed by atoms with E-state index in [4.69, 9.17) is 5.73 Å². The first-order valence-electron chi connectivity index (χ1n) is 12.6. The van der Waals surface area contributed by atoms with E-state index in [-0.39, 0.29) is 23.2 Å². The molecule has 1 aromatic carbocycles. The predicted octanol–water partition coefficient (Wildman–Crippen LogP) is 4.17. The van der Waals surface area contributed by atoms with Crippen molar-refractivity contribution in [1.29, 1.82) is 0 Å². The van der Waals surface area contributed by atoms with Crippen LogP contribution in [0.25, 0.3) is 0 Å². The molecule has 4 N–H and O–H groups in total. The van der Waals surface area contributed by atoms with Crippen LogP contribution in [0.3, 0.4) is 0 Å². The van der Waals surface area contributed by atoms with Gasteiger partial charge in [0.25, 0.3) is 0 Å². The summed E-state index contributed by atoms with van der Waals surface area (Å²) in [7, 11) is 0. The number of carbonyl (C=O) groups is 1. The van der Waals surface area contributed by atoms with Crippen LogP contribution in [0, 0.1) is 11.7 Å². The molecule has 2 unspecified atom stereocenters. The van der Waals surface area contributed by atoms with Crippen molar-refractivity contribution in [3.8, 4) is 0 Å². The molecular weight excluding hydrogens is 510 g/mol. The Morgan fingerprint density at radius 3 is 2.84 bits per heavy atom. The predicted molar refractivity (Wildman–Crippen MR) is 132 cm³/mol. The molecule has 2 heterocycles. The van der Waals surface area contributed by atoms with Crippen molar-refractivity contribution in [1.82, 2.24) is 14.8 Å². The fourth-order valence-electron chi connectivity index (χ4n) is 5.99. The SMILES string of the molecule is NCc1ncc([C@]23CC(N(CCCN4CC[C@@H](O)C4)C(=O)Nc4ccc(F)c(C(F)(F)F)c4)CC2C3)s1. The maximum Gasteiger partial charge on any atom is 0.419 e. The molecule has 3 aliphatic rings. The van der Waals surface area contributed by atoms with Crippen LogP contribution in [0.4, 0.5) is 28.0 Å². The fourth-order valence-corrected chi connectivity index (χ4v) is 7.08. The van der Waals surface area contributed by atoms with Gasteiger partial charge in [-0.1, -0.05) is 0 Å². The molecule has 2 saturated carbocycles. The number of aromatic nitrogens is 1. The molecule has 1 aromatic heterocycles. The zero-order chi connectivity index (χ0) is 26.4. The third-order valence-electron chi connectivity index (χ3n) is 7.95. The monoisotopic (exact) mass is 541 g/mol. The van der Waals surface area contributed by atoms with Gasteiger partial charge in [-0.3, -0.25) is 0 Å². The average Bonchev–Trinajstić information content (AvgIpc) is 3.25. The maximum atomic E-state index is 13.8. The van der Waals surface area contributed by atoms with Crippen LogP contribution in [0.15, 0.2) is 24.4 Å². The number of rotatable bonds is 8. The molecule has 0 radical (unpaired) electrons. The lowest BCUT2D eigenvalue weighted by atomic mass is 10.00. The van der Waals surface area contributed by atoms with Crippen LogP contribution in [0.1, 0.15) is 47.6 Å². The van der Waals surface area contributed by atoms with E-state index in [0.29, 0.717) is 44.6 Å². The van der Waals surface area contributed by atoms with E-state index in [2.05, 4.69) is 15.2 Å². The van der Waals surface area contributed by atoms with E-state index in [0.717, 1.165) is 49.4 Å². The van der Waals surface area contributed by atoms with Gasteiger partial charge < -0.3 is 26.0 Å². The molecule has 12 heteroatoms. The first-order chi connectivity index (χ1) is 17.6. The first kappa shape index (κ1) is 26.3. The Kier molecular flexibility index (Phi) is 7.20.